The fourth-order valence-corrected chi connectivity index (χ4v) is 7.59. The molecule has 5 aromatic carbocycles. The molecule has 0 aliphatic carbocycles. The SMILES string of the molecule is Cc1ccc(C)c(NS(=O)(=O)c2ccc(NC(=O)c3ccc(CN(c4cc(Cl)ccc4C)S(=O)(=O)c4ccccc4)cc3)cc2)c1. The van der Waals surface area contributed by atoms with E-state index in [1.54, 1.807) is 78.9 Å². The van der Waals surface area contributed by atoms with Crippen LogP contribution in [0.1, 0.15) is 32.6 Å². The molecule has 0 aliphatic heterocycles. The predicted molar refractivity (Wildman–Crippen MR) is 184 cm³/mol. The summed E-state index contributed by atoms with van der Waals surface area (Å²) in [7, 11) is -7.78. The zero-order valence-electron chi connectivity index (χ0n) is 25.4. The number of hydrogen-bond acceptors (Lipinski definition) is 5. The number of nitrogens with one attached hydrogen (secondary N) is 2. The van der Waals surface area contributed by atoms with Gasteiger partial charge in [0.25, 0.3) is 26.0 Å². The molecule has 5 aromatic rings. The zero-order chi connectivity index (χ0) is 33.1. The van der Waals surface area contributed by atoms with Crippen LogP contribution in [0.3, 0.4) is 0 Å². The van der Waals surface area contributed by atoms with Gasteiger partial charge in [0.2, 0.25) is 0 Å². The van der Waals surface area contributed by atoms with Crippen LogP contribution >= 0.6 is 11.6 Å². The number of hydrogen-bond donors (Lipinski definition) is 2. The van der Waals surface area contributed by atoms with Crippen LogP contribution in [0.2, 0.25) is 5.02 Å². The summed E-state index contributed by atoms with van der Waals surface area (Å²) in [6.07, 6.45) is 0. The first-order valence-corrected chi connectivity index (χ1v) is 17.6. The molecule has 5 rings (SSSR count). The number of carbonyl (C=O) groups excluding carboxylic acids is 1. The van der Waals surface area contributed by atoms with Gasteiger partial charge in [0, 0.05) is 16.3 Å². The van der Waals surface area contributed by atoms with E-state index < -0.39 is 26.0 Å². The van der Waals surface area contributed by atoms with Gasteiger partial charge in [-0.05, 0) is 110 Å². The summed E-state index contributed by atoms with van der Waals surface area (Å²) < 4.78 is 57.4. The fraction of sp³-hybridized carbons (Fsp3) is 0.114. The fourth-order valence-electron chi connectivity index (χ4n) is 4.77. The number of halogens is 1. The summed E-state index contributed by atoms with van der Waals surface area (Å²) in [5, 5.41) is 3.18. The Morgan fingerprint density at radius 1 is 0.717 bits per heavy atom. The smallest absolute Gasteiger partial charge is 0.264 e. The zero-order valence-corrected chi connectivity index (χ0v) is 27.7. The van der Waals surface area contributed by atoms with Gasteiger partial charge in [-0.2, -0.15) is 0 Å². The van der Waals surface area contributed by atoms with Crippen molar-refractivity contribution in [3.05, 3.63) is 148 Å². The van der Waals surface area contributed by atoms with Gasteiger partial charge < -0.3 is 5.32 Å². The minimum Gasteiger partial charge on any atom is -0.322 e. The monoisotopic (exact) mass is 673 g/mol. The van der Waals surface area contributed by atoms with Crippen molar-refractivity contribution in [3.63, 3.8) is 0 Å². The topological polar surface area (TPSA) is 113 Å². The molecule has 0 saturated heterocycles. The molecule has 0 unspecified atom stereocenters. The lowest BCUT2D eigenvalue weighted by atomic mass is 10.1. The second kappa shape index (κ2) is 13.4. The molecule has 46 heavy (non-hydrogen) atoms. The van der Waals surface area contributed by atoms with E-state index in [1.165, 1.54) is 28.6 Å². The number of rotatable bonds is 10. The molecular weight excluding hydrogens is 642 g/mol. The Morgan fingerprint density at radius 2 is 1.37 bits per heavy atom. The largest absolute Gasteiger partial charge is 0.322 e. The van der Waals surface area contributed by atoms with Gasteiger partial charge in [-0.15, -0.1) is 0 Å². The predicted octanol–water partition coefficient (Wildman–Crippen LogP) is 7.71. The van der Waals surface area contributed by atoms with Crippen molar-refractivity contribution < 1.29 is 21.6 Å². The van der Waals surface area contributed by atoms with Crippen LogP contribution in [0.5, 0.6) is 0 Å². The van der Waals surface area contributed by atoms with E-state index in [0.717, 1.165) is 16.7 Å². The number of aryl methyl sites for hydroxylation is 3. The maximum absolute atomic E-state index is 13.8. The molecule has 0 aliphatic rings. The highest BCUT2D eigenvalue weighted by atomic mass is 35.5. The van der Waals surface area contributed by atoms with Crippen LogP contribution < -0.4 is 14.3 Å². The minimum absolute atomic E-state index is 0.00630. The lowest BCUT2D eigenvalue weighted by molar-refractivity contribution is 0.102. The molecule has 0 aromatic heterocycles. The van der Waals surface area contributed by atoms with Crippen LogP contribution in [0, 0.1) is 20.8 Å². The van der Waals surface area contributed by atoms with Gasteiger partial charge in [0.1, 0.15) is 0 Å². The molecule has 8 nitrogen and oxygen atoms in total. The van der Waals surface area contributed by atoms with Crippen LogP contribution in [0.4, 0.5) is 17.1 Å². The first-order valence-electron chi connectivity index (χ1n) is 14.3. The maximum Gasteiger partial charge on any atom is 0.264 e. The van der Waals surface area contributed by atoms with Gasteiger partial charge in [-0.1, -0.05) is 60.1 Å². The Balaban J connectivity index is 1.31. The van der Waals surface area contributed by atoms with Crippen LogP contribution in [0.25, 0.3) is 0 Å². The summed E-state index contributed by atoms with van der Waals surface area (Å²) in [4.78, 5) is 13.2. The first kappa shape index (κ1) is 32.7. The standard InChI is InChI=1S/C35H32ClN3O5S2/c1-24-9-10-25(2)33(21-24)38-45(41,42)31-19-17-30(18-20-31)37-35(40)28-14-12-27(13-15-28)23-39(34-22-29(36)16-11-26(34)3)46(43,44)32-7-5-4-6-8-32/h4-22,38H,23H2,1-3H3,(H,37,40). The lowest BCUT2D eigenvalue weighted by Gasteiger charge is -2.26. The molecule has 0 bridgehead atoms. The van der Waals surface area contributed by atoms with Crippen molar-refractivity contribution in [1.82, 2.24) is 0 Å². The number of amides is 1. The van der Waals surface area contributed by atoms with Gasteiger partial charge in [-0.3, -0.25) is 13.8 Å². The summed E-state index contributed by atoms with van der Waals surface area (Å²) in [6, 6.07) is 31.3. The quantitative estimate of drug-likeness (QED) is 0.158. The van der Waals surface area contributed by atoms with Gasteiger partial charge in [0.15, 0.2) is 0 Å². The molecule has 11 heteroatoms. The summed E-state index contributed by atoms with van der Waals surface area (Å²) in [5.41, 5.74) is 4.83. The Bertz CT molecular complexity index is 2100. The first-order chi connectivity index (χ1) is 21.8. The Kier molecular flexibility index (Phi) is 9.52. The van der Waals surface area contributed by atoms with Crippen molar-refractivity contribution in [1.29, 1.82) is 0 Å². The van der Waals surface area contributed by atoms with Crippen molar-refractivity contribution in [2.24, 2.45) is 0 Å². The highest BCUT2D eigenvalue weighted by molar-refractivity contribution is 7.93. The van der Waals surface area contributed by atoms with Gasteiger partial charge >= 0.3 is 0 Å². The second-order valence-corrected chi connectivity index (χ2v) is 14.8. The third-order valence-corrected chi connectivity index (χ3v) is 10.8. The number of benzene rings is 5. The highest BCUT2D eigenvalue weighted by Crippen LogP contribution is 2.31. The van der Waals surface area contributed by atoms with E-state index in [9.17, 15) is 21.6 Å². The molecule has 0 fully saturated rings. The van der Waals surface area contributed by atoms with E-state index in [0.29, 0.717) is 33.2 Å². The lowest BCUT2D eigenvalue weighted by Crippen LogP contribution is -2.31. The number of anilines is 3. The Morgan fingerprint density at radius 3 is 2.04 bits per heavy atom. The summed E-state index contributed by atoms with van der Waals surface area (Å²) in [6.45, 7) is 5.53. The average molecular weight is 674 g/mol. The van der Waals surface area contributed by atoms with Crippen molar-refractivity contribution in [3.8, 4) is 0 Å². The Hall–Kier alpha value is -4.64. The summed E-state index contributed by atoms with van der Waals surface area (Å²) in [5.74, 6) is -0.407. The minimum atomic E-state index is -3.95. The van der Waals surface area contributed by atoms with Crippen LogP contribution in [-0.2, 0) is 26.6 Å². The molecule has 236 valence electrons. The molecule has 0 atom stereocenters. The van der Waals surface area contributed by atoms with E-state index in [-0.39, 0.29) is 16.3 Å². The van der Waals surface area contributed by atoms with Gasteiger partial charge in [0.05, 0.1) is 27.7 Å². The third-order valence-electron chi connectivity index (χ3n) is 7.37. The molecular formula is C35H32ClN3O5S2. The molecule has 0 spiro atoms. The van der Waals surface area contributed by atoms with Crippen LogP contribution in [0.15, 0.2) is 125 Å². The van der Waals surface area contributed by atoms with Crippen molar-refractivity contribution >= 4 is 54.6 Å². The van der Waals surface area contributed by atoms with E-state index in [2.05, 4.69) is 10.0 Å². The molecule has 0 heterocycles. The second-order valence-electron chi connectivity index (χ2n) is 10.9. The van der Waals surface area contributed by atoms with E-state index >= 15 is 0 Å². The van der Waals surface area contributed by atoms with E-state index in [1.807, 2.05) is 32.9 Å². The molecule has 2 N–H and O–H groups in total. The normalized spacial score (nSPS) is 11.6. The molecule has 0 saturated carbocycles. The van der Waals surface area contributed by atoms with Crippen molar-refractivity contribution in [2.75, 3.05) is 14.3 Å². The molecule has 1 amide bonds. The van der Waals surface area contributed by atoms with Gasteiger partial charge in [-0.25, -0.2) is 16.8 Å². The molecule has 0 radical (unpaired) electrons. The number of nitrogens with zero attached hydrogens (tertiary/aromatic N) is 1. The van der Waals surface area contributed by atoms with Crippen LogP contribution in [-0.4, -0.2) is 22.7 Å². The Labute approximate surface area is 274 Å². The van der Waals surface area contributed by atoms with E-state index in [4.69, 9.17) is 11.6 Å². The maximum atomic E-state index is 13.8. The number of carbonyl (C=O) groups is 1. The number of sulfonamides is 2. The highest BCUT2D eigenvalue weighted by Gasteiger charge is 2.27. The average Bonchev–Trinajstić information content (AvgIpc) is 3.03. The van der Waals surface area contributed by atoms with Crippen molar-refractivity contribution in [2.45, 2.75) is 37.1 Å². The third kappa shape index (κ3) is 7.42. The summed E-state index contributed by atoms with van der Waals surface area (Å²) >= 11 is 6.26.